The van der Waals surface area contributed by atoms with Crippen molar-refractivity contribution in [1.82, 2.24) is 0 Å². The average molecular weight is 306 g/mol. The lowest BCUT2D eigenvalue weighted by Gasteiger charge is -2.35. The SMILES string of the molecule is NC(c1cccc(Br)c1F)C1Cc2ccccc21. The molecule has 18 heavy (non-hydrogen) atoms. The van der Waals surface area contributed by atoms with Gasteiger partial charge in [-0.05, 0) is 39.5 Å². The van der Waals surface area contributed by atoms with E-state index >= 15 is 0 Å². The Morgan fingerprint density at radius 2 is 1.94 bits per heavy atom. The van der Waals surface area contributed by atoms with Gasteiger partial charge in [0.25, 0.3) is 0 Å². The standard InChI is InChI=1S/C15H13BrFN/c16-13-7-3-6-11(14(13)17)15(18)12-8-9-4-1-2-5-10(9)12/h1-7,12,15H,8,18H2. The molecule has 0 saturated heterocycles. The van der Waals surface area contributed by atoms with Crippen LogP contribution in [-0.4, -0.2) is 0 Å². The summed E-state index contributed by atoms with van der Waals surface area (Å²) >= 11 is 3.20. The van der Waals surface area contributed by atoms with Gasteiger partial charge in [0.15, 0.2) is 0 Å². The molecule has 0 radical (unpaired) electrons. The van der Waals surface area contributed by atoms with Crippen LogP contribution in [0.5, 0.6) is 0 Å². The molecule has 92 valence electrons. The van der Waals surface area contributed by atoms with E-state index in [2.05, 4.69) is 28.1 Å². The number of rotatable bonds is 2. The van der Waals surface area contributed by atoms with E-state index in [-0.39, 0.29) is 17.8 Å². The maximum absolute atomic E-state index is 14.0. The molecule has 1 aliphatic rings. The summed E-state index contributed by atoms with van der Waals surface area (Å²) in [6.07, 6.45) is 0.934. The summed E-state index contributed by atoms with van der Waals surface area (Å²) in [6, 6.07) is 13.2. The predicted molar refractivity (Wildman–Crippen MR) is 73.9 cm³/mol. The third-order valence-electron chi connectivity index (χ3n) is 3.67. The number of halogens is 2. The first-order valence-electron chi connectivity index (χ1n) is 5.96. The van der Waals surface area contributed by atoms with Crippen LogP contribution in [-0.2, 0) is 6.42 Å². The summed E-state index contributed by atoms with van der Waals surface area (Å²) in [5, 5.41) is 0. The topological polar surface area (TPSA) is 26.0 Å². The van der Waals surface area contributed by atoms with Crippen molar-refractivity contribution in [3.63, 3.8) is 0 Å². The predicted octanol–water partition coefficient (Wildman–Crippen LogP) is 3.93. The van der Waals surface area contributed by atoms with Gasteiger partial charge >= 0.3 is 0 Å². The zero-order chi connectivity index (χ0) is 12.7. The van der Waals surface area contributed by atoms with Crippen molar-refractivity contribution in [1.29, 1.82) is 0 Å². The number of hydrogen-bond acceptors (Lipinski definition) is 1. The second-order valence-corrected chi connectivity index (χ2v) is 5.53. The van der Waals surface area contributed by atoms with Crippen LogP contribution in [0, 0.1) is 5.82 Å². The lowest BCUT2D eigenvalue weighted by atomic mass is 9.72. The second kappa shape index (κ2) is 4.48. The van der Waals surface area contributed by atoms with E-state index in [0.29, 0.717) is 10.0 Å². The van der Waals surface area contributed by atoms with E-state index in [4.69, 9.17) is 5.73 Å². The number of benzene rings is 2. The quantitative estimate of drug-likeness (QED) is 0.894. The molecule has 2 N–H and O–H groups in total. The molecule has 0 spiro atoms. The smallest absolute Gasteiger partial charge is 0.142 e. The highest BCUT2D eigenvalue weighted by atomic mass is 79.9. The molecule has 0 saturated carbocycles. The largest absolute Gasteiger partial charge is 0.323 e. The van der Waals surface area contributed by atoms with E-state index in [0.717, 1.165) is 6.42 Å². The summed E-state index contributed by atoms with van der Waals surface area (Å²) in [7, 11) is 0. The average Bonchev–Trinajstić information content (AvgIpc) is 2.34. The molecule has 1 aliphatic carbocycles. The van der Waals surface area contributed by atoms with E-state index in [1.807, 2.05) is 18.2 Å². The van der Waals surface area contributed by atoms with Crippen LogP contribution < -0.4 is 5.73 Å². The van der Waals surface area contributed by atoms with E-state index < -0.39 is 0 Å². The molecule has 0 amide bonds. The van der Waals surface area contributed by atoms with Crippen molar-refractivity contribution >= 4 is 15.9 Å². The van der Waals surface area contributed by atoms with Crippen LogP contribution >= 0.6 is 15.9 Å². The lowest BCUT2D eigenvalue weighted by molar-refractivity contribution is 0.475. The molecule has 3 rings (SSSR count). The summed E-state index contributed by atoms with van der Waals surface area (Å²) in [5.41, 5.74) is 9.39. The van der Waals surface area contributed by atoms with E-state index in [9.17, 15) is 4.39 Å². The summed E-state index contributed by atoms with van der Waals surface area (Å²) in [4.78, 5) is 0. The Morgan fingerprint density at radius 1 is 1.17 bits per heavy atom. The maximum Gasteiger partial charge on any atom is 0.142 e. The minimum atomic E-state index is -0.280. The van der Waals surface area contributed by atoms with Crippen LogP contribution in [0.1, 0.15) is 28.7 Å². The molecule has 0 aliphatic heterocycles. The third kappa shape index (κ3) is 1.78. The minimum Gasteiger partial charge on any atom is -0.323 e. The molecule has 2 aromatic carbocycles. The van der Waals surface area contributed by atoms with Crippen molar-refractivity contribution in [2.24, 2.45) is 5.73 Å². The van der Waals surface area contributed by atoms with Gasteiger partial charge in [0, 0.05) is 17.5 Å². The van der Waals surface area contributed by atoms with Crippen molar-refractivity contribution < 1.29 is 4.39 Å². The maximum atomic E-state index is 14.0. The second-order valence-electron chi connectivity index (χ2n) is 4.68. The van der Waals surface area contributed by atoms with Crippen molar-refractivity contribution in [3.8, 4) is 0 Å². The first-order chi connectivity index (χ1) is 8.68. The molecule has 0 aromatic heterocycles. The normalized spacial score (nSPS) is 18.9. The van der Waals surface area contributed by atoms with Crippen LogP contribution in [0.3, 0.4) is 0 Å². The molecular weight excluding hydrogens is 293 g/mol. The van der Waals surface area contributed by atoms with Crippen LogP contribution in [0.15, 0.2) is 46.9 Å². The van der Waals surface area contributed by atoms with Crippen molar-refractivity contribution in [3.05, 3.63) is 69.4 Å². The molecular formula is C15H13BrFN. The molecule has 3 heteroatoms. The Hall–Kier alpha value is -1.19. The third-order valence-corrected chi connectivity index (χ3v) is 4.28. The fraction of sp³-hybridized carbons (Fsp3) is 0.200. The number of fused-ring (bicyclic) bond motifs is 1. The Morgan fingerprint density at radius 3 is 2.72 bits per heavy atom. The first kappa shape index (κ1) is 11.9. The Kier molecular flexibility index (Phi) is 2.96. The fourth-order valence-electron chi connectivity index (χ4n) is 2.61. The molecule has 0 heterocycles. The minimum absolute atomic E-state index is 0.227. The van der Waals surface area contributed by atoms with Crippen LogP contribution in [0.4, 0.5) is 4.39 Å². The summed E-state index contributed by atoms with van der Waals surface area (Å²) in [5.74, 6) is -0.0145. The molecule has 2 atom stereocenters. The van der Waals surface area contributed by atoms with Crippen molar-refractivity contribution in [2.75, 3.05) is 0 Å². The van der Waals surface area contributed by atoms with Gasteiger partial charge in [-0.1, -0.05) is 36.4 Å². The van der Waals surface area contributed by atoms with Gasteiger partial charge in [-0.15, -0.1) is 0 Å². The first-order valence-corrected chi connectivity index (χ1v) is 6.75. The molecule has 2 aromatic rings. The molecule has 0 bridgehead atoms. The van der Waals surface area contributed by atoms with E-state index in [1.165, 1.54) is 11.1 Å². The van der Waals surface area contributed by atoms with Gasteiger partial charge in [-0.2, -0.15) is 0 Å². The molecule has 1 nitrogen and oxygen atoms in total. The van der Waals surface area contributed by atoms with E-state index in [1.54, 1.807) is 12.1 Å². The number of hydrogen-bond donors (Lipinski definition) is 1. The lowest BCUT2D eigenvalue weighted by Crippen LogP contribution is -2.29. The highest BCUT2D eigenvalue weighted by Crippen LogP contribution is 2.43. The molecule has 2 unspecified atom stereocenters. The van der Waals surface area contributed by atoms with Gasteiger partial charge in [0.1, 0.15) is 5.82 Å². The highest BCUT2D eigenvalue weighted by Gasteiger charge is 2.32. The van der Waals surface area contributed by atoms with Crippen LogP contribution in [0.25, 0.3) is 0 Å². The van der Waals surface area contributed by atoms with Crippen LogP contribution in [0.2, 0.25) is 0 Å². The van der Waals surface area contributed by atoms with Crippen molar-refractivity contribution in [2.45, 2.75) is 18.4 Å². The summed E-state index contributed by atoms with van der Waals surface area (Å²) < 4.78 is 14.5. The zero-order valence-corrected chi connectivity index (χ0v) is 11.3. The highest BCUT2D eigenvalue weighted by molar-refractivity contribution is 9.10. The Bertz CT molecular complexity index is 597. The zero-order valence-electron chi connectivity index (χ0n) is 9.74. The Labute approximate surface area is 114 Å². The summed E-state index contributed by atoms with van der Waals surface area (Å²) in [6.45, 7) is 0. The van der Waals surface area contributed by atoms with Gasteiger partial charge in [0.2, 0.25) is 0 Å². The molecule has 0 fully saturated rings. The van der Waals surface area contributed by atoms with Gasteiger partial charge in [-0.25, -0.2) is 4.39 Å². The monoisotopic (exact) mass is 305 g/mol. The van der Waals surface area contributed by atoms with Gasteiger partial charge in [-0.3, -0.25) is 0 Å². The number of nitrogens with two attached hydrogens (primary N) is 1. The van der Waals surface area contributed by atoms with Gasteiger partial charge in [0.05, 0.1) is 4.47 Å². The van der Waals surface area contributed by atoms with Gasteiger partial charge < -0.3 is 5.73 Å². The fourth-order valence-corrected chi connectivity index (χ4v) is 2.99. The Balaban J connectivity index is 1.94.